The van der Waals surface area contributed by atoms with Gasteiger partial charge in [0.2, 0.25) is 0 Å². The van der Waals surface area contributed by atoms with Crippen LogP contribution in [0.1, 0.15) is 25.5 Å². The summed E-state index contributed by atoms with van der Waals surface area (Å²) in [5, 5.41) is 0. The molecule has 110 valence electrons. The summed E-state index contributed by atoms with van der Waals surface area (Å²) >= 11 is 0. The zero-order valence-corrected chi connectivity index (χ0v) is 12.1. The van der Waals surface area contributed by atoms with Crippen molar-refractivity contribution >= 4 is 5.82 Å². The maximum atomic E-state index is 5.88. The molecular weight excluding hydrogens is 266 g/mol. The third kappa shape index (κ3) is 3.07. The molecule has 5 heteroatoms. The molecule has 5 nitrogen and oxygen atoms in total. The van der Waals surface area contributed by atoms with Crippen molar-refractivity contribution in [1.82, 2.24) is 9.97 Å². The number of nitrogens with two attached hydrogens (primary N) is 1. The van der Waals surface area contributed by atoms with Crippen LogP contribution >= 0.6 is 0 Å². The van der Waals surface area contributed by atoms with E-state index in [-0.39, 0.29) is 0 Å². The molecule has 0 unspecified atom stereocenters. The van der Waals surface area contributed by atoms with E-state index < -0.39 is 0 Å². The third-order valence-corrected chi connectivity index (χ3v) is 3.31. The van der Waals surface area contributed by atoms with Crippen molar-refractivity contribution in [1.29, 1.82) is 0 Å². The molecule has 1 aromatic carbocycles. The quantitative estimate of drug-likeness (QED) is 0.939. The Morgan fingerprint density at radius 3 is 2.71 bits per heavy atom. The van der Waals surface area contributed by atoms with E-state index in [9.17, 15) is 0 Å². The first-order chi connectivity index (χ1) is 10.3. The third-order valence-electron chi connectivity index (χ3n) is 3.31. The molecule has 2 N–H and O–H groups in total. The van der Waals surface area contributed by atoms with Crippen LogP contribution in [0, 0.1) is 0 Å². The van der Waals surface area contributed by atoms with Crippen LogP contribution in [0.5, 0.6) is 11.5 Å². The molecule has 0 spiro atoms. The van der Waals surface area contributed by atoms with Crippen LogP contribution in [0.4, 0.5) is 5.82 Å². The van der Waals surface area contributed by atoms with Crippen LogP contribution in [0.15, 0.2) is 24.3 Å². The molecule has 0 bridgehead atoms. The fraction of sp³-hybridized carbons (Fsp3) is 0.375. The SMILES string of the molecule is CCCc1cc(N)nc(-c2ccc3c(c2)OCCCO3)n1. The highest BCUT2D eigenvalue weighted by atomic mass is 16.5. The second-order valence-corrected chi connectivity index (χ2v) is 5.07. The standard InChI is InChI=1S/C16H19N3O2/c1-2-4-12-10-15(17)19-16(18-12)11-5-6-13-14(9-11)21-8-3-7-20-13/h5-6,9-10H,2-4,7-8H2,1H3,(H2,17,18,19). The van der Waals surface area contributed by atoms with Gasteiger partial charge in [0.05, 0.1) is 13.2 Å². The maximum Gasteiger partial charge on any atom is 0.161 e. The minimum absolute atomic E-state index is 0.496. The zero-order chi connectivity index (χ0) is 14.7. The number of aryl methyl sites for hydroxylation is 1. The van der Waals surface area contributed by atoms with Crippen LogP contribution in [0.25, 0.3) is 11.4 Å². The normalized spacial score (nSPS) is 13.8. The van der Waals surface area contributed by atoms with Gasteiger partial charge in [0.1, 0.15) is 5.82 Å². The first-order valence-corrected chi connectivity index (χ1v) is 7.29. The van der Waals surface area contributed by atoms with Crippen molar-refractivity contribution in [2.24, 2.45) is 0 Å². The van der Waals surface area contributed by atoms with E-state index in [2.05, 4.69) is 16.9 Å². The summed E-state index contributed by atoms with van der Waals surface area (Å²) in [6, 6.07) is 7.60. The molecule has 2 heterocycles. The van der Waals surface area contributed by atoms with Gasteiger partial charge in [-0.1, -0.05) is 13.3 Å². The summed E-state index contributed by atoms with van der Waals surface area (Å²) in [6.07, 6.45) is 2.81. The Kier molecular flexibility index (Phi) is 3.90. The number of aromatic nitrogens is 2. The Morgan fingerprint density at radius 1 is 1.10 bits per heavy atom. The van der Waals surface area contributed by atoms with Gasteiger partial charge >= 0.3 is 0 Å². The summed E-state index contributed by atoms with van der Waals surface area (Å²) in [5.41, 5.74) is 7.74. The van der Waals surface area contributed by atoms with E-state index in [0.717, 1.165) is 42.0 Å². The average molecular weight is 285 g/mol. The summed E-state index contributed by atoms with van der Waals surface area (Å²) in [4.78, 5) is 8.91. The highest BCUT2D eigenvalue weighted by Crippen LogP contribution is 2.33. The summed E-state index contributed by atoms with van der Waals surface area (Å²) < 4.78 is 11.3. The minimum Gasteiger partial charge on any atom is -0.490 e. The van der Waals surface area contributed by atoms with Crippen molar-refractivity contribution in [3.05, 3.63) is 30.0 Å². The molecular formula is C16H19N3O2. The number of hydrogen-bond acceptors (Lipinski definition) is 5. The maximum absolute atomic E-state index is 5.88. The zero-order valence-electron chi connectivity index (χ0n) is 12.1. The summed E-state index contributed by atoms with van der Waals surface area (Å²) in [6.45, 7) is 3.46. The van der Waals surface area contributed by atoms with E-state index in [1.54, 1.807) is 0 Å². The summed E-state index contributed by atoms with van der Waals surface area (Å²) in [7, 11) is 0. The Balaban J connectivity index is 1.98. The second-order valence-electron chi connectivity index (χ2n) is 5.07. The molecule has 0 aliphatic carbocycles. The Morgan fingerprint density at radius 2 is 1.90 bits per heavy atom. The number of ether oxygens (including phenoxy) is 2. The van der Waals surface area contributed by atoms with Crippen LogP contribution in [0.2, 0.25) is 0 Å². The highest BCUT2D eigenvalue weighted by Gasteiger charge is 2.13. The smallest absolute Gasteiger partial charge is 0.161 e. The van der Waals surface area contributed by atoms with Crippen LogP contribution in [0.3, 0.4) is 0 Å². The molecule has 0 amide bonds. The van der Waals surface area contributed by atoms with Gasteiger partial charge in [-0.2, -0.15) is 0 Å². The number of hydrogen-bond donors (Lipinski definition) is 1. The molecule has 2 aromatic rings. The fourth-order valence-electron chi connectivity index (χ4n) is 2.33. The van der Waals surface area contributed by atoms with Crippen molar-refractivity contribution in [3.63, 3.8) is 0 Å². The fourth-order valence-corrected chi connectivity index (χ4v) is 2.33. The van der Waals surface area contributed by atoms with Crippen molar-refractivity contribution in [2.45, 2.75) is 26.2 Å². The van der Waals surface area contributed by atoms with Crippen LogP contribution in [-0.4, -0.2) is 23.2 Å². The highest BCUT2D eigenvalue weighted by molar-refractivity contribution is 5.62. The second kappa shape index (κ2) is 5.99. The van der Waals surface area contributed by atoms with Crippen molar-refractivity contribution in [2.75, 3.05) is 18.9 Å². The lowest BCUT2D eigenvalue weighted by atomic mass is 10.1. The minimum atomic E-state index is 0.496. The van der Waals surface area contributed by atoms with Crippen LogP contribution < -0.4 is 15.2 Å². The van der Waals surface area contributed by atoms with Gasteiger partial charge < -0.3 is 15.2 Å². The van der Waals surface area contributed by atoms with Crippen molar-refractivity contribution in [3.8, 4) is 22.9 Å². The van der Waals surface area contributed by atoms with E-state index in [0.29, 0.717) is 24.9 Å². The van der Waals surface area contributed by atoms with Gasteiger partial charge in [-0.25, -0.2) is 9.97 Å². The molecule has 1 aliphatic heterocycles. The lowest BCUT2D eigenvalue weighted by molar-refractivity contribution is 0.297. The molecule has 1 aromatic heterocycles. The lowest BCUT2D eigenvalue weighted by Gasteiger charge is -2.10. The Labute approximate surface area is 124 Å². The topological polar surface area (TPSA) is 70.3 Å². The predicted molar refractivity (Wildman–Crippen MR) is 81.5 cm³/mol. The van der Waals surface area contributed by atoms with Crippen LogP contribution in [-0.2, 0) is 6.42 Å². The Hall–Kier alpha value is -2.30. The van der Waals surface area contributed by atoms with Gasteiger partial charge in [0, 0.05) is 23.7 Å². The molecule has 0 radical (unpaired) electrons. The molecule has 0 atom stereocenters. The Bertz CT molecular complexity index is 643. The number of rotatable bonds is 3. The average Bonchev–Trinajstić information content (AvgIpc) is 2.71. The van der Waals surface area contributed by atoms with Gasteiger partial charge in [-0.3, -0.25) is 0 Å². The first kappa shape index (κ1) is 13.7. The van der Waals surface area contributed by atoms with E-state index in [1.165, 1.54) is 0 Å². The van der Waals surface area contributed by atoms with E-state index >= 15 is 0 Å². The number of anilines is 1. The largest absolute Gasteiger partial charge is 0.490 e. The lowest BCUT2D eigenvalue weighted by Crippen LogP contribution is -2.01. The molecule has 1 aliphatic rings. The predicted octanol–water partition coefficient (Wildman–Crippen LogP) is 2.84. The van der Waals surface area contributed by atoms with Gasteiger partial charge in [-0.15, -0.1) is 0 Å². The first-order valence-electron chi connectivity index (χ1n) is 7.29. The van der Waals surface area contributed by atoms with Crippen molar-refractivity contribution < 1.29 is 9.47 Å². The number of nitrogens with zero attached hydrogens (tertiary/aromatic N) is 2. The van der Waals surface area contributed by atoms with Gasteiger partial charge in [0.25, 0.3) is 0 Å². The number of nitrogen functional groups attached to an aromatic ring is 1. The number of fused-ring (bicyclic) bond motifs is 1. The summed E-state index contributed by atoms with van der Waals surface area (Å²) in [5.74, 6) is 2.65. The molecule has 21 heavy (non-hydrogen) atoms. The molecule has 0 saturated heterocycles. The van der Waals surface area contributed by atoms with E-state index in [4.69, 9.17) is 15.2 Å². The molecule has 3 rings (SSSR count). The molecule has 0 saturated carbocycles. The molecule has 0 fully saturated rings. The van der Waals surface area contributed by atoms with Gasteiger partial charge in [0.15, 0.2) is 17.3 Å². The van der Waals surface area contributed by atoms with Gasteiger partial charge in [-0.05, 0) is 24.6 Å². The monoisotopic (exact) mass is 285 g/mol. The van der Waals surface area contributed by atoms with E-state index in [1.807, 2.05) is 24.3 Å². The number of benzene rings is 1.